The molecule has 0 bridgehead atoms. The molecule has 98 valence electrons. The fourth-order valence-electron chi connectivity index (χ4n) is 1.26. The van der Waals surface area contributed by atoms with E-state index in [1.165, 1.54) is 0 Å². The Kier molecular flexibility index (Phi) is 9.93. The van der Waals surface area contributed by atoms with Crippen molar-refractivity contribution in [2.24, 2.45) is 4.99 Å². The Morgan fingerprint density at radius 3 is 2.88 bits per heavy atom. The number of nitrogens with one attached hydrogen (secondary N) is 2. The summed E-state index contributed by atoms with van der Waals surface area (Å²) in [5.74, 6) is 1.67. The smallest absolute Gasteiger partial charge is 0.191 e. The maximum atomic E-state index is 8.68. The first kappa shape index (κ1) is 16.2. The first-order valence-electron chi connectivity index (χ1n) is 5.52. The second-order valence-corrected chi connectivity index (χ2v) is 3.24. The minimum absolute atomic E-state index is 0. The molecule has 0 amide bonds. The van der Waals surface area contributed by atoms with Gasteiger partial charge in [0.25, 0.3) is 0 Å². The van der Waals surface area contributed by atoms with Gasteiger partial charge in [0, 0.05) is 19.5 Å². The highest BCUT2D eigenvalue weighted by molar-refractivity contribution is 14.0. The molecule has 0 aromatic carbocycles. The third-order valence-corrected chi connectivity index (χ3v) is 1.96. The molecule has 0 aliphatic carbocycles. The van der Waals surface area contributed by atoms with Crippen molar-refractivity contribution >= 4 is 29.9 Å². The summed E-state index contributed by atoms with van der Waals surface area (Å²) in [4.78, 5) is 4.16. The summed E-state index contributed by atoms with van der Waals surface area (Å²) in [6.45, 7) is 4.04. The van der Waals surface area contributed by atoms with Gasteiger partial charge in [0.15, 0.2) is 5.96 Å². The molecule has 17 heavy (non-hydrogen) atoms. The van der Waals surface area contributed by atoms with Crippen LogP contribution in [0.15, 0.2) is 27.8 Å². The lowest BCUT2D eigenvalue weighted by Crippen LogP contribution is -2.38. The van der Waals surface area contributed by atoms with Gasteiger partial charge in [0.05, 0.1) is 19.4 Å². The van der Waals surface area contributed by atoms with Gasteiger partial charge in [-0.1, -0.05) is 0 Å². The van der Waals surface area contributed by atoms with Crippen LogP contribution in [0.25, 0.3) is 0 Å². The van der Waals surface area contributed by atoms with Crippen molar-refractivity contribution in [2.45, 2.75) is 13.3 Å². The number of aliphatic hydroxyl groups excluding tert-OH is 1. The Bertz CT molecular complexity index is 302. The summed E-state index contributed by atoms with van der Waals surface area (Å²) < 4.78 is 5.22. The molecule has 3 N–H and O–H groups in total. The number of halogens is 1. The van der Waals surface area contributed by atoms with Gasteiger partial charge in [-0.3, -0.25) is 4.99 Å². The Morgan fingerprint density at radius 2 is 2.29 bits per heavy atom. The van der Waals surface area contributed by atoms with Crippen molar-refractivity contribution in [2.75, 3.05) is 26.2 Å². The Hall–Kier alpha value is -0.760. The first-order valence-corrected chi connectivity index (χ1v) is 5.52. The summed E-state index contributed by atoms with van der Waals surface area (Å²) in [5.41, 5.74) is 0. The van der Waals surface area contributed by atoms with Crippen LogP contribution in [0.3, 0.4) is 0 Å². The second kappa shape index (κ2) is 10.4. The number of aliphatic imine (C=N–C) groups is 1. The topological polar surface area (TPSA) is 69.8 Å². The van der Waals surface area contributed by atoms with Crippen LogP contribution in [0.4, 0.5) is 0 Å². The van der Waals surface area contributed by atoms with Crippen LogP contribution in [-0.4, -0.2) is 37.3 Å². The highest BCUT2D eigenvalue weighted by atomic mass is 127. The van der Waals surface area contributed by atoms with E-state index in [1.807, 2.05) is 19.1 Å². The third-order valence-electron chi connectivity index (χ3n) is 1.96. The van der Waals surface area contributed by atoms with E-state index in [-0.39, 0.29) is 30.6 Å². The molecule has 0 fully saturated rings. The molecular weight excluding hydrogens is 333 g/mol. The molecule has 0 saturated carbocycles. The Labute approximate surface area is 119 Å². The van der Waals surface area contributed by atoms with Crippen molar-refractivity contribution in [3.63, 3.8) is 0 Å². The summed E-state index contributed by atoms with van der Waals surface area (Å²) in [6.07, 6.45) is 2.48. The van der Waals surface area contributed by atoms with Crippen LogP contribution in [0.2, 0.25) is 0 Å². The summed E-state index contributed by atoms with van der Waals surface area (Å²) >= 11 is 0. The maximum Gasteiger partial charge on any atom is 0.191 e. The zero-order valence-electron chi connectivity index (χ0n) is 9.98. The van der Waals surface area contributed by atoms with Gasteiger partial charge < -0.3 is 20.2 Å². The van der Waals surface area contributed by atoms with Crippen LogP contribution in [0.5, 0.6) is 0 Å². The van der Waals surface area contributed by atoms with Gasteiger partial charge in [-0.05, 0) is 19.1 Å². The highest BCUT2D eigenvalue weighted by Gasteiger charge is 1.98. The lowest BCUT2D eigenvalue weighted by atomic mass is 10.3. The standard InChI is InChI=1S/C11H19N3O2.HI/c1-2-12-11(14-7-8-15)13-6-5-10-4-3-9-16-10;/h3-4,9,15H,2,5-8H2,1H3,(H2,12,13,14);1H. The zero-order valence-corrected chi connectivity index (χ0v) is 12.3. The number of hydrogen-bond donors (Lipinski definition) is 3. The van der Waals surface area contributed by atoms with E-state index in [0.29, 0.717) is 6.54 Å². The van der Waals surface area contributed by atoms with E-state index in [4.69, 9.17) is 9.52 Å². The number of nitrogens with zero attached hydrogens (tertiary/aromatic N) is 1. The van der Waals surface area contributed by atoms with Gasteiger partial charge >= 0.3 is 0 Å². The number of aliphatic hydroxyl groups is 1. The first-order chi connectivity index (χ1) is 7.86. The molecule has 5 nitrogen and oxygen atoms in total. The van der Waals surface area contributed by atoms with E-state index in [2.05, 4.69) is 15.6 Å². The number of rotatable bonds is 6. The average Bonchev–Trinajstić information content (AvgIpc) is 2.79. The molecule has 0 atom stereocenters. The largest absolute Gasteiger partial charge is 0.469 e. The van der Waals surface area contributed by atoms with E-state index < -0.39 is 0 Å². The molecule has 1 aromatic heterocycles. The van der Waals surface area contributed by atoms with Gasteiger partial charge in [0.1, 0.15) is 5.76 Å². The minimum atomic E-state index is 0. The lowest BCUT2D eigenvalue weighted by molar-refractivity contribution is 0.306. The van der Waals surface area contributed by atoms with E-state index in [0.717, 1.165) is 31.2 Å². The molecule has 6 heteroatoms. The third kappa shape index (κ3) is 7.22. The fourth-order valence-corrected chi connectivity index (χ4v) is 1.26. The molecule has 1 rings (SSSR count). The average molecular weight is 353 g/mol. The van der Waals surface area contributed by atoms with Crippen molar-refractivity contribution < 1.29 is 9.52 Å². The number of guanidine groups is 1. The SMILES string of the molecule is CCNC(=NCCO)NCCc1ccco1.I. The summed E-state index contributed by atoms with van der Waals surface area (Å²) in [7, 11) is 0. The Balaban J connectivity index is 0.00000256. The van der Waals surface area contributed by atoms with E-state index >= 15 is 0 Å². The Morgan fingerprint density at radius 1 is 1.47 bits per heavy atom. The lowest BCUT2D eigenvalue weighted by Gasteiger charge is -2.09. The van der Waals surface area contributed by atoms with Crippen LogP contribution in [0.1, 0.15) is 12.7 Å². The number of furan rings is 1. The summed E-state index contributed by atoms with van der Waals surface area (Å²) in [5, 5.41) is 14.9. The van der Waals surface area contributed by atoms with Crippen molar-refractivity contribution in [1.82, 2.24) is 10.6 Å². The van der Waals surface area contributed by atoms with Crippen molar-refractivity contribution in [1.29, 1.82) is 0 Å². The molecular formula is C11H20IN3O2. The molecule has 1 aromatic rings. The molecule has 0 unspecified atom stereocenters. The fraction of sp³-hybridized carbons (Fsp3) is 0.545. The minimum Gasteiger partial charge on any atom is -0.469 e. The second-order valence-electron chi connectivity index (χ2n) is 3.24. The molecule has 1 heterocycles. The van der Waals surface area contributed by atoms with Crippen LogP contribution >= 0.6 is 24.0 Å². The van der Waals surface area contributed by atoms with Gasteiger partial charge in [-0.2, -0.15) is 0 Å². The molecule has 0 radical (unpaired) electrons. The van der Waals surface area contributed by atoms with Crippen LogP contribution < -0.4 is 10.6 Å². The molecule has 0 aliphatic rings. The monoisotopic (exact) mass is 353 g/mol. The van der Waals surface area contributed by atoms with E-state index in [1.54, 1.807) is 6.26 Å². The quantitative estimate of drug-likeness (QED) is 0.405. The molecule has 0 saturated heterocycles. The normalized spacial score (nSPS) is 10.8. The van der Waals surface area contributed by atoms with Gasteiger partial charge in [-0.15, -0.1) is 24.0 Å². The summed E-state index contributed by atoms with van der Waals surface area (Å²) in [6, 6.07) is 3.82. The highest BCUT2D eigenvalue weighted by Crippen LogP contribution is 1.99. The van der Waals surface area contributed by atoms with E-state index in [9.17, 15) is 0 Å². The number of hydrogen-bond acceptors (Lipinski definition) is 3. The zero-order chi connectivity index (χ0) is 11.6. The van der Waals surface area contributed by atoms with Crippen LogP contribution in [-0.2, 0) is 6.42 Å². The van der Waals surface area contributed by atoms with Gasteiger partial charge in [0.2, 0.25) is 0 Å². The predicted octanol–water partition coefficient (Wildman–Crippen LogP) is 0.988. The van der Waals surface area contributed by atoms with Crippen molar-refractivity contribution in [3.05, 3.63) is 24.2 Å². The maximum absolute atomic E-state index is 8.68. The predicted molar refractivity (Wildman–Crippen MR) is 78.9 cm³/mol. The van der Waals surface area contributed by atoms with Gasteiger partial charge in [-0.25, -0.2) is 0 Å². The molecule has 0 spiro atoms. The van der Waals surface area contributed by atoms with Crippen molar-refractivity contribution in [3.8, 4) is 0 Å². The molecule has 0 aliphatic heterocycles. The van der Waals surface area contributed by atoms with Crippen LogP contribution in [0, 0.1) is 0 Å².